The Labute approximate surface area is 91.0 Å². The zero-order chi connectivity index (χ0) is 9.26. The zero-order valence-electron chi connectivity index (χ0n) is 8.53. The molecule has 5 heteroatoms. The predicted molar refractivity (Wildman–Crippen MR) is 57.7 cm³/mol. The van der Waals surface area contributed by atoms with E-state index in [2.05, 4.69) is 10.2 Å². The van der Waals surface area contributed by atoms with Gasteiger partial charge in [0.25, 0.3) is 0 Å². The maximum atomic E-state index is 10.9. The second kappa shape index (κ2) is 4.96. The monoisotopic (exact) mass is 219 g/mol. The van der Waals surface area contributed by atoms with Gasteiger partial charge in [-0.1, -0.05) is 0 Å². The molecule has 2 rings (SSSR count). The van der Waals surface area contributed by atoms with E-state index in [1.807, 2.05) is 4.90 Å². The molecule has 0 unspecified atom stereocenters. The molecule has 0 bridgehead atoms. The lowest BCUT2D eigenvalue weighted by molar-refractivity contribution is -0.136. The van der Waals surface area contributed by atoms with Gasteiger partial charge in [-0.05, 0) is 0 Å². The van der Waals surface area contributed by atoms with Crippen LogP contribution in [-0.4, -0.2) is 61.0 Å². The van der Waals surface area contributed by atoms with E-state index in [0.29, 0.717) is 6.04 Å². The molecule has 1 N–H and O–H groups in total. The van der Waals surface area contributed by atoms with Crippen molar-refractivity contribution in [2.75, 3.05) is 39.3 Å². The minimum Gasteiger partial charge on any atom is -0.340 e. The summed E-state index contributed by atoms with van der Waals surface area (Å²) in [6.07, 6.45) is 0. The van der Waals surface area contributed by atoms with E-state index in [1.54, 1.807) is 6.92 Å². The first-order valence-electron chi connectivity index (χ1n) is 4.97. The van der Waals surface area contributed by atoms with E-state index in [0.717, 1.165) is 39.3 Å². The molecule has 2 aliphatic heterocycles. The van der Waals surface area contributed by atoms with Gasteiger partial charge in [0, 0.05) is 52.2 Å². The maximum Gasteiger partial charge on any atom is 0.219 e. The molecule has 14 heavy (non-hydrogen) atoms. The van der Waals surface area contributed by atoms with Gasteiger partial charge in [-0.25, -0.2) is 0 Å². The number of rotatable bonds is 1. The van der Waals surface area contributed by atoms with Crippen LogP contribution in [0.3, 0.4) is 0 Å². The molecular formula is C9H18ClN3O. The Bertz CT molecular complexity index is 200. The van der Waals surface area contributed by atoms with Gasteiger partial charge in [0.15, 0.2) is 0 Å². The highest BCUT2D eigenvalue weighted by Crippen LogP contribution is 2.14. The fourth-order valence-corrected chi connectivity index (χ4v) is 1.99. The maximum absolute atomic E-state index is 10.9. The van der Waals surface area contributed by atoms with E-state index < -0.39 is 0 Å². The van der Waals surface area contributed by atoms with Crippen molar-refractivity contribution in [1.29, 1.82) is 0 Å². The fraction of sp³-hybridized carbons (Fsp3) is 0.889. The van der Waals surface area contributed by atoms with E-state index >= 15 is 0 Å². The first kappa shape index (κ1) is 11.8. The van der Waals surface area contributed by atoms with Crippen molar-refractivity contribution in [3.63, 3.8) is 0 Å². The van der Waals surface area contributed by atoms with Crippen LogP contribution in [0.1, 0.15) is 6.92 Å². The van der Waals surface area contributed by atoms with Crippen molar-refractivity contribution >= 4 is 18.3 Å². The van der Waals surface area contributed by atoms with Crippen LogP contribution < -0.4 is 5.32 Å². The zero-order valence-corrected chi connectivity index (χ0v) is 9.35. The molecule has 0 saturated carbocycles. The summed E-state index contributed by atoms with van der Waals surface area (Å²) >= 11 is 0. The topological polar surface area (TPSA) is 35.6 Å². The van der Waals surface area contributed by atoms with Crippen molar-refractivity contribution < 1.29 is 4.79 Å². The number of piperazine rings is 1. The summed E-state index contributed by atoms with van der Waals surface area (Å²) in [4.78, 5) is 15.3. The van der Waals surface area contributed by atoms with Crippen LogP contribution in [0.25, 0.3) is 0 Å². The van der Waals surface area contributed by atoms with Gasteiger partial charge in [0.05, 0.1) is 0 Å². The second-order valence-electron chi connectivity index (χ2n) is 3.86. The number of hydrogen-bond donors (Lipinski definition) is 1. The Hall–Kier alpha value is -0.320. The van der Waals surface area contributed by atoms with E-state index in [9.17, 15) is 4.79 Å². The van der Waals surface area contributed by atoms with Crippen LogP contribution in [0.5, 0.6) is 0 Å². The summed E-state index contributed by atoms with van der Waals surface area (Å²) in [6.45, 7) is 7.98. The standard InChI is InChI=1S/C9H17N3O.ClH/c1-8(13)12-6-9(7-12)11-4-2-10-3-5-11;/h9-10H,2-7H2,1H3;1H. The van der Waals surface area contributed by atoms with E-state index in [-0.39, 0.29) is 18.3 Å². The van der Waals surface area contributed by atoms with Crippen molar-refractivity contribution in [3.05, 3.63) is 0 Å². The third kappa shape index (κ3) is 2.38. The molecule has 82 valence electrons. The number of nitrogens with one attached hydrogen (secondary N) is 1. The van der Waals surface area contributed by atoms with Crippen molar-refractivity contribution in [2.45, 2.75) is 13.0 Å². The van der Waals surface area contributed by atoms with Crippen LogP contribution in [0.2, 0.25) is 0 Å². The molecule has 2 aliphatic rings. The average Bonchev–Trinajstić information content (AvgIpc) is 2.02. The molecule has 0 spiro atoms. The van der Waals surface area contributed by atoms with Gasteiger partial charge in [-0.15, -0.1) is 12.4 Å². The first-order valence-corrected chi connectivity index (χ1v) is 4.97. The number of likely N-dealkylation sites (tertiary alicyclic amines) is 1. The Kier molecular flexibility index (Phi) is 4.16. The summed E-state index contributed by atoms with van der Waals surface area (Å²) in [5.41, 5.74) is 0. The molecular weight excluding hydrogens is 202 g/mol. The van der Waals surface area contributed by atoms with Gasteiger partial charge in [-0.3, -0.25) is 9.69 Å². The van der Waals surface area contributed by atoms with E-state index in [1.165, 1.54) is 0 Å². The number of halogens is 1. The highest BCUT2D eigenvalue weighted by molar-refractivity contribution is 5.85. The Morgan fingerprint density at radius 2 is 1.86 bits per heavy atom. The molecule has 2 fully saturated rings. The molecule has 0 radical (unpaired) electrons. The van der Waals surface area contributed by atoms with Gasteiger partial charge in [0.1, 0.15) is 0 Å². The highest BCUT2D eigenvalue weighted by Gasteiger charge is 2.33. The van der Waals surface area contributed by atoms with Gasteiger partial charge >= 0.3 is 0 Å². The minimum atomic E-state index is 0. The summed E-state index contributed by atoms with van der Waals surface area (Å²) < 4.78 is 0. The molecule has 0 atom stereocenters. The molecule has 1 amide bonds. The Morgan fingerprint density at radius 3 is 2.36 bits per heavy atom. The van der Waals surface area contributed by atoms with Crippen molar-refractivity contribution in [2.24, 2.45) is 0 Å². The molecule has 0 aromatic heterocycles. The Balaban J connectivity index is 0.000000980. The third-order valence-electron chi connectivity index (χ3n) is 2.98. The molecule has 2 heterocycles. The third-order valence-corrected chi connectivity index (χ3v) is 2.98. The number of hydrogen-bond acceptors (Lipinski definition) is 3. The number of carbonyl (C=O) groups excluding carboxylic acids is 1. The van der Waals surface area contributed by atoms with Crippen molar-refractivity contribution in [3.8, 4) is 0 Å². The fourth-order valence-electron chi connectivity index (χ4n) is 1.99. The predicted octanol–water partition coefficient (Wildman–Crippen LogP) is -0.456. The molecule has 4 nitrogen and oxygen atoms in total. The average molecular weight is 220 g/mol. The summed E-state index contributed by atoms with van der Waals surface area (Å²) in [6, 6.07) is 0.631. The largest absolute Gasteiger partial charge is 0.340 e. The number of carbonyl (C=O) groups is 1. The quantitative estimate of drug-likeness (QED) is 0.649. The number of amides is 1. The first-order chi connectivity index (χ1) is 6.27. The van der Waals surface area contributed by atoms with Gasteiger partial charge in [0.2, 0.25) is 5.91 Å². The smallest absolute Gasteiger partial charge is 0.219 e. The molecule has 0 aliphatic carbocycles. The van der Waals surface area contributed by atoms with Crippen molar-refractivity contribution in [1.82, 2.24) is 15.1 Å². The summed E-state index contributed by atoms with van der Waals surface area (Å²) in [5.74, 6) is 0.214. The number of nitrogens with zero attached hydrogens (tertiary/aromatic N) is 2. The van der Waals surface area contributed by atoms with Gasteiger partial charge in [-0.2, -0.15) is 0 Å². The lowest BCUT2D eigenvalue weighted by atomic mass is 10.1. The van der Waals surface area contributed by atoms with Gasteiger partial charge < -0.3 is 10.2 Å². The van der Waals surface area contributed by atoms with E-state index in [4.69, 9.17) is 0 Å². The molecule has 0 aromatic carbocycles. The minimum absolute atomic E-state index is 0. The normalized spacial score (nSPS) is 23.9. The summed E-state index contributed by atoms with van der Waals surface area (Å²) in [7, 11) is 0. The highest BCUT2D eigenvalue weighted by atomic mass is 35.5. The second-order valence-corrected chi connectivity index (χ2v) is 3.86. The lowest BCUT2D eigenvalue weighted by Crippen LogP contribution is -2.63. The van der Waals surface area contributed by atoms with Crippen LogP contribution in [0.15, 0.2) is 0 Å². The summed E-state index contributed by atoms with van der Waals surface area (Å²) in [5, 5.41) is 3.33. The molecule has 2 saturated heterocycles. The lowest BCUT2D eigenvalue weighted by Gasteiger charge is -2.46. The van der Waals surface area contributed by atoms with Crippen LogP contribution in [-0.2, 0) is 4.79 Å². The SMILES string of the molecule is CC(=O)N1CC(N2CCNCC2)C1.Cl. The van der Waals surface area contributed by atoms with Crippen LogP contribution in [0, 0.1) is 0 Å². The molecule has 0 aromatic rings. The Morgan fingerprint density at radius 1 is 1.29 bits per heavy atom. The van der Waals surface area contributed by atoms with Crippen LogP contribution in [0.4, 0.5) is 0 Å². The van der Waals surface area contributed by atoms with Crippen LogP contribution >= 0.6 is 12.4 Å².